The number of aromatic nitrogens is 7. The molecule has 7 heteroatoms. The minimum absolute atomic E-state index is 0.572. The number of nitrogens with one attached hydrogen (secondary N) is 2. The molecule has 3 aliphatic carbocycles. The minimum Gasteiger partial charge on any atom is -0.354 e. The van der Waals surface area contributed by atoms with Crippen LogP contribution in [0.5, 0.6) is 0 Å². The molecule has 0 saturated carbocycles. The lowest BCUT2D eigenvalue weighted by Gasteiger charge is -2.15. The smallest absolute Gasteiger partial charge is 0.0682 e. The number of rotatable bonds is 4. The predicted octanol–water partition coefficient (Wildman–Crippen LogP) is 9.80. The molecule has 0 saturated heterocycles. The number of nitrogens with zero attached hydrogens (tertiary/aromatic N) is 5. The monoisotopic (exact) mass is 656 g/mol. The van der Waals surface area contributed by atoms with Gasteiger partial charge in [0.1, 0.15) is 0 Å². The molecule has 48 heavy (non-hydrogen) atoms. The van der Waals surface area contributed by atoms with Gasteiger partial charge in [0, 0.05) is 42.6 Å². The van der Waals surface area contributed by atoms with Gasteiger partial charge in [0.25, 0.3) is 0 Å². The third kappa shape index (κ3) is 8.37. The molecule has 4 aromatic heterocycles. The highest BCUT2D eigenvalue weighted by Crippen LogP contribution is 2.31. The number of hydrogen-bond acceptors (Lipinski definition) is 3. The Balaban J connectivity index is 0.000000125. The molecule has 0 amide bonds. The largest absolute Gasteiger partial charge is 0.354 e. The van der Waals surface area contributed by atoms with E-state index in [4.69, 9.17) is 0 Å². The molecule has 0 bridgehead atoms. The van der Waals surface area contributed by atoms with Crippen LogP contribution in [0.2, 0.25) is 0 Å². The molecule has 4 aliphatic rings. The normalized spacial score (nSPS) is 16.4. The van der Waals surface area contributed by atoms with Gasteiger partial charge in [0.05, 0.1) is 17.6 Å². The van der Waals surface area contributed by atoms with E-state index in [9.17, 15) is 0 Å². The van der Waals surface area contributed by atoms with Gasteiger partial charge in [-0.2, -0.15) is 15.3 Å². The van der Waals surface area contributed by atoms with E-state index < -0.39 is 0 Å². The topological polar surface area (TPSA) is 80.1 Å². The highest BCUT2D eigenvalue weighted by molar-refractivity contribution is 5.36. The van der Waals surface area contributed by atoms with Crippen molar-refractivity contribution >= 4 is 0 Å². The molecular formula is C41H65N7. The third-order valence-corrected chi connectivity index (χ3v) is 10.8. The fraction of sp³-hybridized carbons (Fsp3) is 0.683. The van der Waals surface area contributed by atoms with Crippen molar-refractivity contribution < 1.29 is 0 Å². The van der Waals surface area contributed by atoms with E-state index in [0.717, 1.165) is 6.54 Å². The summed E-state index contributed by atoms with van der Waals surface area (Å²) in [7, 11) is 2.19. The van der Waals surface area contributed by atoms with Gasteiger partial charge in [-0.1, -0.05) is 55.4 Å². The fourth-order valence-electron chi connectivity index (χ4n) is 8.19. The second kappa shape index (κ2) is 16.5. The van der Waals surface area contributed by atoms with Gasteiger partial charge in [-0.05, 0) is 141 Å². The maximum Gasteiger partial charge on any atom is 0.0682 e. The Labute approximate surface area is 291 Å². The van der Waals surface area contributed by atoms with Crippen LogP contribution in [0.15, 0.2) is 12.4 Å². The summed E-state index contributed by atoms with van der Waals surface area (Å²) >= 11 is 0. The Hall–Kier alpha value is -3.09. The molecule has 0 unspecified atom stereocenters. The number of fused-ring (bicyclic) bond motifs is 4. The molecule has 4 aromatic rings. The third-order valence-electron chi connectivity index (χ3n) is 10.8. The maximum atomic E-state index is 4.39. The van der Waals surface area contributed by atoms with E-state index in [1.807, 2.05) is 6.20 Å². The van der Waals surface area contributed by atoms with Gasteiger partial charge in [0.15, 0.2) is 0 Å². The van der Waals surface area contributed by atoms with Crippen molar-refractivity contribution in [3.63, 3.8) is 0 Å². The van der Waals surface area contributed by atoms with Crippen LogP contribution in [0.25, 0.3) is 0 Å². The number of aryl methyl sites for hydroxylation is 4. The SMILES string of the molecule is CC(C)c1cn(C)c2c1CCCC2.CC(C)c1cnn2c1CCCC2.CC(C)c1n[nH]c2c1CCC2.CC(C)c1n[nH]c2c1CCCC2. The number of H-pyrrole nitrogens is 2. The van der Waals surface area contributed by atoms with Crippen molar-refractivity contribution in [2.45, 2.75) is 175 Å². The first-order valence-electron chi connectivity index (χ1n) is 19.4. The van der Waals surface area contributed by atoms with Gasteiger partial charge in [-0.15, -0.1) is 0 Å². The molecule has 8 rings (SSSR count). The highest BCUT2D eigenvalue weighted by atomic mass is 15.3. The standard InChI is InChI=1S/C12H19N.2C10H16N2.C9H14N2/c1-9(2)11-8-13(3)12-7-5-4-6-10(11)12;1-8(2)9-7-11-12-6-4-3-5-10(9)12;1-7(2)10-8-5-3-4-6-9(8)11-12-10;1-6(2)9-7-4-3-5-8(7)10-11-9/h8-9H,4-7H2,1-3H3;7-8H,3-6H2,1-2H3;7H,3-6H2,1-2H3,(H,11,12);6H,3-5H2,1-2H3,(H,10,11). The fourth-order valence-corrected chi connectivity index (χ4v) is 8.19. The second-order valence-corrected chi connectivity index (χ2v) is 15.9. The molecule has 0 radical (unpaired) electrons. The van der Waals surface area contributed by atoms with E-state index in [-0.39, 0.29) is 0 Å². The summed E-state index contributed by atoms with van der Waals surface area (Å²) in [5, 5.41) is 19.4. The summed E-state index contributed by atoms with van der Waals surface area (Å²) in [6, 6.07) is 0. The summed E-state index contributed by atoms with van der Waals surface area (Å²) in [6.45, 7) is 19.0. The molecule has 2 N–H and O–H groups in total. The molecule has 0 aromatic carbocycles. The molecule has 0 spiro atoms. The zero-order valence-corrected chi connectivity index (χ0v) is 31.8. The van der Waals surface area contributed by atoms with Gasteiger partial charge in [-0.25, -0.2) is 0 Å². The van der Waals surface area contributed by atoms with Crippen LogP contribution >= 0.6 is 0 Å². The lowest BCUT2D eigenvalue weighted by Crippen LogP contribution is -2.12. The summed E-state index contributed by atoms with van der Waals surface area (Å²) in [6.07, 6.45) is 22.5. The van der Waals surface area contributed by atoms with Crippen molar-refractivity contribution in [2.75, 3.05) is 0 Å². The van der Waals surface area contributed by atoms with Crippen LogP contribution in [0.3, 0.4) is 0 Å². The zero-order chi connectivity index (χ0) is 34.4. The van der Waals surface area contributed by atoms with E-state index in [1.54, 1.807) is 16.8 Å². The highest BCUT2D eigenvalue weighted by Gasteiger charge is 2.21. The zero-order valence-electron chi connectivity index (χ0n) is 31.8. The predicted molar refractivity (Wildman–Crippen MR) is 199 cm³/mol. The Kier molecular flexibility index (Phi) is 12.5. The van der Waals surface area contributed by atoms with Crippen molar-refractivity contribution in [1.29, 1.82) is 0 Å². The Morgan fingerprint density at radius 1 is 0.542 bits per heavy atom. The van der Waals surface area contributed by atoms with E-state index >= 15 is 0 Å². The van der Waals surface area contributed by atoms with E-state index in [1.165, 1.54) is 135 Å². The van der Waals surface area contributed by atoms with Crippen molar-refractivity contribution in [1.82, 2.24) is 34.7 Å². The second-order valence-electron chi connectivity index (χ2n) is 15.9. The molecule has 7 nitrogen and oxygen atoms in total. The van der Waals surface area contributed by atoms with Crippen LogP contribution in [0.1, 0.15) is 186 Å². The number of hydrogen-bond donors (Lipinski definition) is 2. The van der Waals surface area contributed by atoms with Crippen LogP contribution in [0.4, 0.5) is 0 Å². The summed E-state index contributed by atoms with van der Waals surface area (Å²) < 4.78 is 4.52. The van der Waals surface area contributed by atoms with Crippen LogP contribution in [-0.2, 0) is 58.5 Å². The van der Waals surface area contributed by atoms with Crippen molar-refractivity contribution in [3.05, 3.63) is 74.4 Å². The average molecular weight is 656 g/mol. The quantitative estimate of drug-likeness (QED) is 0.230. The first-order valence-corrected chi connectivity index (χ1v) is 19.4. The Bertz CT molecular complexity index is 1530. The minimum atomic E-state index is 0.572. The molecule has 264 valence electrons. The maximum absolute atomic E-state index is 4.39. The summed E-state index contributed by atoms with van der Waals surface area (Å²) in [4.78, 5) is 0. The first kappa shape index (κ1) is 36.2. The average Bonchev–Trinajstić information content (AvgIpc) is 3.90. The molecule has 1 aliphatic heterocycles. The molecular weight excluding hydrogens is 591 g/mol. The lowest BCUT2D eigenvalue weighted by atomic mass is 9.91. The lowest BCUT2D eigenvalue weighted by molar-refractivity contribution is 0.483. The van der Waals surface area contributed by atoms with Crippen LogP contribution in [-0.4, -0.2) is 34.7 Å². The van der Waals surface area contributed by atoms with E-state index in [2.05, 4.69) is 103 Å². The van der Waals surface area contributed by atoms with Gasteiger partial charge >= 0.3 is 0 Å². The molecule has 0 fully saturated rings. The van der Waals surface area contributed by atoms with Crippen LogP contribution in [0, 0.1) is 0 Å². The summed E-state index contributed by atoms with van der Waals surface area (Å²) in [5.74, 6) is 2.47. The van der Waals surface area contributed by atoms with Crippen molar-refractivity contribution in [3.8, 4) is 0 Å². The van der Waals surface area contributed by atoms with Crippen molar-refractivity contribution in [2.24, 2.45) is 7.05 Å². The van der Waals surface area contributed by atoms with Gasteiger partial charge in [-0.3, -0.25) is 14.9 Å². The molecule has 5 heterocycles. The number of aromatic amines is 2. The molecule has 0 atom stereocenters. The van der Waals surface area contributed by atoms with Gasteiger partial charge in [0.2, 0.25) is 0 Å². The Morgan fingerprint density at radius 3 is 1.65 bits per heavy atom. The van der Waals surface area contributed by atoms with Gasteiger partial charge < -0.3 is 4.57 Å². The first-order chi connectivity index (χ1) is 23.1. The summed E-state index contributed by atoms with van der Waals surface area (Å²) in [5.41, 5.74) is 16.1. The van der Waals surface area contributed by atoms with Crippen LogP contribution < -0.4 is 0 Å². The van der Waals surface area contributed by atoms with E-state index in [0.29, 0.717) is 23.7 Å². The Morgan fingerprint density at radius 2 is 1.04 bits per heavy atom.